The second-order valence-electron chi connectivity index (χ2n) is 4.29. The van der Waals surface area contributed by atoms with Crippen molar-refractivity contribution in [3.05, 3.63) is 36.0 Å². The number of rotatable bonds is 3. The quantitative estimate of drug-likeness (QED) is 0.833. The van der Waals surface area contributed by atoms with Crippen molar-refractivity contribution >= 4 is 22.6 Å². The van der Waals surface area contributed by atoms with Gasteiger partial charge < -0.3 is 10.3 Å². The van der Waals surface area contributed by atoms with E-state index in [-0.39, 0.29) is 18.2 Å². The zero-order chi connectivity index (χ0) is 14.3. The van der Waals surface area contributed by atoms with Gasteiger partial charge in [0.15, 0.2) is 5.78 Å². The Balaban J connectivity index is 0.000000550. The number of carbonyl (C=O) groups is 2. The second kappa shape index (κ2) is 7.36. The fraction of sp³-hybridized carbons (Fsp3) is 0.333. The molecule has 0 spiro atoms. The Hall–Kier alpha value is -2.10. The Kier molecular flexibility index (Phi) is 5.79. The number of nitrogens with one attached hydrogen (secondary N) is 2. The van der Waals surface area contributed by atoms with Crippen LogP contribution in [0.3, 0.4) is 0 Å². The molecule has 19 heavy (non-hydrogen) atoms. The Bertz CT molecular complexity index is 558. The van der Waals surface area contributed by atoms with E-state index in [1.165, 1.54) is 13.3 Å². The van der Waals surface area contributed by atoms with Gasteiger partial charge in [0.05, 0.1) is 6.54 Å². The minimum absolute atomic E-state index is 0.0389. The minimum atomic E-state index is -0.201. The second-order valence-corrected chi connectivity index (χ2v) is 4.29. The van der Waals surface area contributed by atoms with Crippen molar-refractivity contribution in [2.24, 2.45) is 0 Å². The predicted molar refractivity (Wildman–Crippen MR) is 77.3 cm³/mol. The van der Waals surface area contributed by atoms with Crippen molar-refractivity contribution in [3.8, 4) is 0 Å². The zero-order valence-corrected chi connectivity index (χ0v) is 11.6. The van der Waals surface area contributed by atoms with Gasteiger partial charge in [0.1, 0.15) is 0 Å². The van der Waals surface area contributed by atoms with Crippen molar-refractivity contribution in [1.82, 2.24) is 10.3 Å². The summed E-state index contributed by atoms with van der Waals surface area (Å²) in [4.78, 5) is 25.5. The van der Waals surface area contributed by atoms with Crippen LogP contribution in [-0.4, -0.2) is 23.2 Å². The molecule has 1 heterocycles. The molecule has 0 saturated carbocycles. The standard InChI is InChI=1S/C12H12N2O2.C3H8/c1-8(15)13-7-12(16)10-6-14-11-5-3-2-4-9(10)11;1-3-2/h2-6,14H,7H2,1H3,(H,13,15);3H2,1-2H3. The van der Waals surface area contributed by atoms with E-state index < -0.39 is 0 Å². The molecule has 0 radical (unpaired) electrons. The normalized spacial score (nSPS) is 9.63. The first-order valence-corrected chi connectivity index (χ1v) is 6.43. The van der Waals surface area contributed by atoms with Crippen molar-refractivity contribution in [2.45, 2.75) is 27.2 Å². The fourth-order valence-electron chi connectivity index (χ4n) is 1.60. The lowest BCUT2D eigenvalue weighted by atomic mass is 10.1. The first-order valence-electron chi connectivity index (χ1n) is 6.43. The lowest BCUT2D eigenvalue weighted by Crippen LogP contribution is -2.27. The lowest BCUT2D eigenvalue weighted by molar-refractivity contribution is -0.118. The van der Waals surface area contributed by atoms with Gasteiger partial charge in [-0.2, -0.15) is 0 Å². The highest BCUT2D eigenvalue weighted by atomic mass is 16.2. The summed E-state index contributed by atoms with van der Waals surface area (Å²) in [7, 11) is 0. The van der Waals surface area contributed by atoms with Gasteiger partial charge in [-0.05, 0) is 6.07 Å². The number of benzene rings is 1. The van der Waals surface area contributed by atoms with Crippen LogP contribution in [0.2, 0.25) is 0 Å². The molecule has 0 aliphatic carbocycles. The Labute approximate surface area is 113 Å². The van der Waals surface area contributed by atoms with Crippen molar-refractivity contribution < 1.29 is 9.59 Å². The van der Waals surface area contributed by atoms with Crippen molar-refractivity contribution in [1.29, 1.82) is 0 Å². The molecule has 1 aromatic heterocycles. The molecular formula is C15H20N2O2. The maximum atomic E-state index is 11.8. The van der Waals surface area contributed by atoms with E-state index in [1.807, 2.05) is 24.3 Å². The fourth-order valence-corrected chi connectivity index (χ4v) is 1.60. The van der Waals surface area contributed by atoms with Gasteiger partial charge in [0.25, 0.3) is 0 Å². The van der Waals surface area contributed by atoms with E-state index in [2.05, 4.69) is 24.1 Å². The van der Waals surface area contributed by atoms with Crippen LogP contribution in [-0.2, 0) is 4.79 Å². The van der Waals surface area contributed by atoms with Gasteiger partial charge in [-0.25, -0.2) is 0 Å². The SMILES string of the molecule is CC(=O)NCC(=O)c1c[nH]c2ccccc12.CCC. The van der Waals surface area contributed by atoms with Crippen LogP contribution in [0.4, 0.5) is 0 Å². The third kappa shape index (κ3) is 4.25. The van der Waals surface area contributed by atoms with Crippen LogP contribution in [0.5, 0.6) is 0 Å². The van der Waals surface area contributed by atoms with Gasteiger partial charge >= 0.3 is 0 Å². The first kappa shape index (κ1) is 15.0. The number of H-pyrrole nitrogens is 1. The molecule has 2 aromatic rings. The Morgan fingerprint density at radius 1 is 1.21 bits per heavy atom. The molecule has 4 nitrogen and oxygen atoms in total. The highest BCUT2D eigenvalue weighted by Gasteiger charge is 2.11. The number of para-hydroxylation sites is 1. The van der Waals surface area contributed by atoms with E-state index in [0.717, 1.165) is 10.9 Å². The molecule has 0 aliphatic heterocycles. The van der Waals surface area contributed by atoms with Gasteiger partial charge in [0, 0.05) is 29.6 Å². The third-order valence-corrected chi connectivity index (χ3v) is 2.39. The lowest BCUT2D eigenvalue weighted by Gasteiger charge is -2.00. The molecule has 0 unspecified atom stereocenters. The third-order valence-electron chi connectivity index (χ3n) is 2.39. The zero-order valence-electron chi connectivity index (χ0n) is 11.6. The molecule has 2 N–H and O–H groups in total. The summed E-state index contributed by atoms with van der Waals surface area (Å²) in [5.41, 5.74) is 1.54. The summed E-state index contributed by atoms with van der Waals surface area (Å²) in [5.74, 6) is -0.291. The summed E-state index contributed by atoms with van der Waals surface area (Å²) in [6, 6.07) is 7.57. The molecule has 1 amide bonds. The predicted octanol–water partition coefficient (Wildman–Crippen LogP) is 2.90. The van der Waals surface area contributed by atoms with Crippen LogP contribution in [0.1, 0.15) is 37.6 Å². The van der Waals surface area contributed by atoms with Crippen LogP contribution in [0, 0.1) is 0 Å². The molecule has 102 valence electrons. The smallest absolute Gasteiger partial charge is 0.217 e. The number of hydrogen-bond acceptors (Lipinski definition) is 2. The maximum Gasteiger partial charge on any atom is 0.217 e. The van der Waals surface area contributed by atoms with Crippen LogP contribution in [0.15, 0.2) is 30.5 Å². The monoisotopic (exact) mass is 260 g/mol. The number of amides is 1. The number of carbonyl (C=O) groups excluding carboxylic acids is 2. The maximum absolute atomic E-state index is 11.8. The molecule has 0 atom stereocenters. The molecular weight excluding hydrogens is 240 g/mol. The number of aromatic amines is 1. The Morgan fingerprint density at radius 2 is 1.84 bits per heavy atom. The van der Waals surface area contributed by atoms with E-state index in [4.69, 9.17) is 0 Å². The van der Waals surface area contributed by atoms with Gasteiger partial charge in [-0.15, -0.1) is 0 Å². The van der Waals surface area contributed by atoms with Gasteiger partial charge in [0.2, 0.25) is 5.91 Å². The molecule has 0 fully saturated rings. The number of hydrogen-bond donors (Lipinski definition) is 2. The number of ketones is 1. The summed E-state index contributed by atoms with van der Waals surface area (Å²) >= 11 is 0. The summed E-state index contributed by atoms with van der Waals surface area (Å²) in [6.07, 6.45) is 2.93. The molecule has 0 bridgehead atoms. The molecule has 0 aliphatic rings. The summed E-state index contributed by atoms with van der Waals surface area (Å²) in [5, 5.41) is 3.38. The van der Waals surface area contributed by atoms with Crippen LogP contribution >= 0.6 is 0 Å². The highest BCUT2D eigenvalue weighted by molar-refractivity contribution is 6.09. The Morgan fingerprint density at radius 3 is 2.47 bits per heavy atom. The van der Waals surface area contributed by atoms with E-state index in [0.29, 0.717) is 5.56 Å². The van der Waals surface area contributed by atoms with Gasteiger partial charge in [-0.1, -0.05) is 38.5 Å². The molecule has 0 saturated heterocycles. The van der Waals surface area contributed by atoms with Crippen molar-refractivity contribution in [3.63, 3.8) is 0 Å². The largest absolute Gasteiger partial charge is 0.360 e. The number of fused-ring (bicyclic) bond motifs is 1. The summed E-state index contributed by atoms with van der Waals surface area (Å²) < 4.78 is 0. The van der Waals surface area contributed by atoms with E-state index in [9.17, 15) is 9.59 Å². The highest BCUT2D eigenvalue weighted by Crippen LogP contribution is 2.17. The molecule has 2 rings (SSSR count). The van der Waals surface area contributed by atoms with E-state index in [1.54, 1.807) is 6.20 Å². The average Bonchev–Trinajstić information content (AvgIpc) is 2.81. The summed E-state index contributed by atoms with van der Waals surface area (Å²) in [6.45, 7) is 5.68. The number of aromatic nitrogens is 1. The molecule has 1 aromatic carbocycles. The van der Waals surface area contributed by atoms with Crippen LogP contribution in [0.25, 0.3) is 10.9 Å². The number of Topliss-reactive ketones (excluding diaryl/α,β-unsaturated/α-hetero) is 1. The first-order chi connectivity index (χ1) is 9.10. The van der Waals surface area contributed by atoms with Gasteiger partial charge in [-0.3, -0.25) is 9.59 Å². The van der Waals surface area contributed by atoms with Crippen LogP contribution < -0.4 is 5.32 Å². The average molecular weight is 260 g/mol. The van der Waals surface area contributed by atoms with E-state index >= 15 is 0 Å². The molecule has 4 heteroatoms. The topological polar surface area (TPSA) is 62.0 Å². The minimum Gasteiger partial charge on any atom is -0.360 e. The van der Waals surface area contributed by atoms with Crippen molar-refractivity contribution in [2.75, 3.05) is 6.54 Å².